The predicted molar refractivity (Wildman–Crippen MR) is 29.1 cm³/mol. The van der Waals surface area contributed by atoms with Crippen molar-refractivity contribution in [2.45, 2.75) is 6.54 Å². The molecule has 10 heavy (non-hydrogen) atoms. The van der Waals surface area contributed by atoms with Crippen LogP contribution in [-0.4, -0.2) is 21.4 Å². The number of aromatic carboxylic acids is 1. The number of carboxylic acid groups (broad SMARTS) is 1. The fourth-order valence-electron chi connectivity index (χ4n) is 0.503. The van der Waals surface area contributed by atoms with E-state index in [4.69, 9.17) is 10.8 Å². The van der Waals surface area contributed by atoms with Gasteiger partial charge in [-0.05, 0) is 5.16 Å². The van der Waals surface area contributed by atoms with Crippen LogP contribution < -0.4 is 5.73 Å². The molecule has 3 N–H and O–H groups in total. The van der Waals surface area contributed by atoms with Gasteiger partial charge in [-0.25, -0.2) is 9.42 Å². The standard InChI is InChI=1S/C4H5N3O3/c5-1-2-3(4(8)9)7-10-6-2/h1,5H2,(H,8,9). The number of nitrogens with zero attached hydrogens (tertiary/aromatic N) is 2. The zero-order valence-electron chi connectivity index (χ0n) is 4.94. The van der Waals surface area contributed by atoms with Gasteiger partial charge >= 0.3 is 5.97 Å². The summed E-state index contributed by atoms with van der Waals surface area (Å²) >= 11 is 0. The van der Waals surface area contributed by atoms with Gasteiger partial charge in [-0.3, -0.25) is 0 Å². The maximum Gasteiger partial charge on any atom is 0.360 e. The molecular formula is C4H5N3O3. The second-order valence-corrected chi connectivity index (χ2v) is 1.57. The molecule has 0 saturated carbocycles. The van der Waals surface area contributed by atoms with E-state index < -0.39 is 5.97 Å². The summed E-state index contributed by atoms with van der Waals surface area (Å²) in [5.74, 6) is -1.18. The van der Waals surface area contributed by atoms with Gasteiger partial charge in [-0.2, -0.15) is 0 Å². The van der Waals surface area contributed by atoms with Crippen LogP contribution in [0.1, 0.15) is 16.2 Å². The van der Waals surface area contributed by atoms with Crippen molar-refractivity contribution in [1.29, 1.82) is 0 Å². The van der Waals surface area contributed by atoms with Crippen LogP contribution in [-0.2, 0) is 6.54 Å². The Morgan fingerprint density at radius 1 is 1.70 bits per heavy atom. The number of hydrogen-bond acceptors (Lipinski definition) is 5. The van der Waals surface area contributed by atoms with Gasteiger partial charge in [0.05, 0.1) is 0 Å². The Kier molecular flexibility index (Phi) is 1.63. The first kappa shape index (κ1) is 6.69. The fourth-order valence-corrected chi connectivity index (χ4v) is 0.503. The summed E-state index contributed by atoms with van der Waals surface area (Å²) in [7, 11) is 0. The summed E-state index contributed by atoms with van der Waals surface area (Å²) < 4.78 is 4.14. The van der Waals surface area contributed by atoms with Gasteiger partial charge in [-0.1, -0.05) is 5.16 Å². The zero-order chi connectivity index (χ0) is 7.56. The van der Waals surface area contributed by atoms with E-state index in [0.717, 1.165) is 0 Å². The van der Waals surface area contributed by atoms with Gasteiger partial charge in [-0.15, -0.1) is 0 Å². The fraction of sp³-hybridized carbons (Fsp3) is 0.250. The highest BCUT2D eigenvalue weighted by Gasteiger charge is 2.14. The molecule has 1 aromatic rings. The van der Waals surface area contributed by atoms with Gasteiger partial charge < -0.3 is 10.8 Å². The topological polar surface area (TPSA) is 102 Å². The third kappa shape index (κ3) is 0.960. The smallest absolute Gasteiger partial charge is 0.360 e. The molecule has 1 aromatic heterocycles. The molecule has 1 heterocycles. The van der Waals surface area contributed by atoms with Crippen molar-refractivity contribution in [3.8, 4) is 0 Å². The van der Waals surface area contributed by atoms with E-state index in [1.807, 2.05) is 0 Å². The summed E-state index contributed by atoms with van der Waals surface area (Å²) in [6, 6.07) is 0. The van der Waals surface area contributed by atoms with Crippen molar-refractivity contribution in [3.63, 3.8) is 0 Å². The molecule has 0 bridgehead atoms. The van der Waals surface area contributed by atoms with Crippen LogP contribution >= 0.6 is 0 Å². The maximum absolute atomic E-state index is 10.2. The number of nitrogens with two attached hydrogens (primary N) is 1. The van der Waals surface area contributed by atoms with Gasteiger partial charge in [0.1, 0.15) is 5.69 Å². The summed E-state index contributed by atoms with van der Waals surface area (Å²) in [5, 5.41) is 14.8. The molecule has 0 atom stereocenters. The average molecular weight is 143 g/mol. The van der Waals surface area contributed by atoms with E-state index in [9.17, 15) is 4.79 Å². The molecule has 0 aromatic carbocycles. The molecular weight excluding hydrogens is 138 g/mol. The molecule has 6 heteroatoms. The second kappa shape index (κ2) is 2.44. The SMILES string of the molecule is NCc1nonc1C(=O)O. The van der Waals surface area contributed by atoms with Crippen LogP contribution in [0.2, 0.25) is 0 Å². The molecule has 6 nitrogen and oxygen atoms in total. The van der Waals surface area contributed by atoms with Crippen LogP contribution in [0.5, 0.6) is 0 Å². The average Bonchev–Trinajstić information content (AvgIpc) is 2.33. The highest BCUT2D eigenvalue weighted by atomic mass is 16.6. The van der Waals surface area contributed by atoms with Crippen molar-refractivity contribution < 1.29 is 14.5 Å². The Balaban J connectivity index is 3.01. The van der Waals surface area contributed by atoms with Crippen molar-refractivity contribution >= 4 is 5.97 Å². The predicted octanol–water partition coefficient (Wildman–Crippen LogP) is -0.773. The van der Waals surface area contributed by atoms with Crippen LogP contribution in [0.4, 0.5) is 0 Å². The van der Waals surface area contributed by atoms with E-state index in [1.54, 1.807) is 0 Å². The third-order valence-electron chi connectivity index (χ3n) is 0.952. The Bertz CT molecular complexity index is 244. The number of rotatable bonds is 2. The van der Waals surface area contributed by atoms with E-state index in [-0.39, 0.29) is 17.9 Å². The van der Waals surface area contributed by atoms with Crippen molar-refractivity contribution in [1.82, 2.24) is 10.3 Å². The van der Waals surface area contributed by atoms with E-state index in [1.165, 1.54) is 0 Å². The van der Waals surface area contributed by atoms with Gasteiger partial charge in [0, 0.05) is 6.54 Å². The normalized spacial score (nSPS) is 9.70. The number of hydrogen-bond donors (Lipinski definition) is 2. The number of carbonyl (C=O) groups is 1. The molecule has 0 aliphatic heterocycles. The Morgan fingerprint density at radius 2 is 2.40 bits per heavy atom. The summed E-state index contributed by atoms with van der Waals surface area (Å²) in [4.78, 5) is 10.2. The molecule has 0 unspecified atom stereocenters. The largest absolute Gasteiger partial charge is 0.476 e. The minimum atomic E-state index is -1.18. The summed E-state index contributed by atoms with van der Waals surface area (Å²) in [5.41, 5.74) is 5.05. The van der Waals surface area contributed by atoms with E-state index >= 15 is 0 Å². The molecule has 0 aliphatic rings. The first-order valence-electron chi connectivity index (χ1n) is 2.50. The van der Waals surface area contributed by atoms with Crippen molar-refractivity contribution in [3.05, 3.63) is 11.4 Å². The van der Waals surface area contributed by atoms with Gasteiger partial charge in [0.15, 0.2) is 0 Å². The summed E-state index contributed by atoms with van der Waals surface area (Å²) in [6.07, 6.45) is 0. The minimum absolute atomic E-state index is 0.0190. The van der Waals surface area contributed by atoms with Gasteiger partial charge in [0.2, 0.25) is 5.69 Å². The molecule has 1 rings (SSSR count). The highest BCUT2D eigenvalue weighted by molar-refractivity contribution is 5.86. The lowest BCUT2D eigenvalue weighted by Crippen LogP contribution is -2.06. The van der Waals surface area contributed by atoms with E-state index in [0.29, 0.717) is 0 Å². The molecule has 0 aliphatic carbocycles. The first-order chi connectivity index (χ1) is 4.75. The van der Waals surface area contributed by atoms with Crippen LogP contribution in [0, 0.1) is 0 Å². The number of carboxylic acids is 1. The van der Waals surface area contributed by atoms with Crippen molar-refractivity contribution in [2.75, 3.05) is 0 Å². The van der Waals surface area contributed by atoms with Crippen LogP contribution in [0.3, 0.4) is 0 Å². The number of aromatic nitrogens is 2. The molecule has 54 valence electrons. The maximum atomic E-state index is 10.2. The third-order valence-corrected chi connectivity index (χ3v) is 0.952. The molecule has 0 radical (unpaired) electrons. The minimum Gasteiger partial charge on any atom is -0.476 e. The molecule has 0 spiro atoms. The highest BCUT2D eigenvalue weighted by Crippen LogP contribution is 1.99. The molecule has 0 amide bonds. The lowest BCUT2D eigenvalue weighted by atomic mass is 10.3. The Morgan fingerprint density at radius 3 is 2.80 bits per heavy atom. The molecule has 0 saturated heterocycles. The quantitative estimate of drug-likeness (QED) is 0.563. The van der Waals surface area contributed by atoms with Crippen LogP contribution in [0.25, 0.3) is 0 Å². The van der Waals surface area contributed by atoms with Crippen LogP contribution in [0.15, 0.2) is 4.63 Å². The Hall–Kier alpha value is -1.43. The lowest BCUT2D eigenvalue weighted by Gasteiger charge is -1.85. The lowest BCUT2D eigenvalue weighted by molar-refractivity contribution is 0.0684. The van der Waals surface area contributed by atoms with Crippen molar-refractivity contribution in [2.24, 2.45) is 5.73 Å². The second-order valence-electron chi connectivity index (χ2n) is 1.57. The Labute approximate surface area is 55.6 Å². The van der Waals surface area contributed by atoms with E-state index in [2.05, 4.69) is 14.9 Å². The first-order valence-corrected chi connectivity index (χ1v) is 2.50. The molecule has 0 fully saturated rings. The monoisotopic (exact) mass is 143 g/mol. The summed E-state index contributed by atoms with van der Waals surface area (Å²) in [6.45, 7) is 0.0190. The van der Waals surface area contributed by atoms with Gasteiger partial charge in [0.25, 0.3) is 0 Å². The zero-order valence-corrected chi connectivity index (χ0v) is 4.94.